The van der Waals surface area contributed by atoms with Gasteiger partial charge in [0.15, 0.2) is 0 Å². The molecule has 1 N–H and O–H groups in total. The average molecular weight is 335 g/mol. The zero-order valence-electron chi connectivity index (χ0n) is 14.1. The normalized spacial score (nSPS) is 25.7. The molecule has 4 nitrogen and oxygen atoms in total. The third-order valence-corrected chi connectivity index (χ3v) is 5.76. The number of quaternary nitrogens is 1. The highest BCUT2D eigenvalue weighted by Gasteiger charge is 2.31. The maximum absolute atomic E-state index is 12.0. The summed E-state index contributed by atoms with van der Waals surface area (Å²) in [6, 6.07) is 4.73. The summed E-state index contributed by atoms with van der Waals surface area (Å²) in [4.78, 5) is 19.8. The van der Waals surface area contributed by atoms with Crippen LogP contribution in [0.5, 0.6) is 0 Å². The Kier molecular flexibility index (Phi) is 5.29. The summed E-state index contributed by atoms with van der Waals surface area (Å²) in [5.41, 5.74) is 1.17. The smallest absolute Gasteiger partial charge is 0.142 e. The van der Waals surface area contributed by atoms with Crippen LogP contribution in [0.15, 0.2) is 22.5 Å². The molecule has 2 fully saturated rings. The van der Waals surface area contributed by atoms with Crippen molar-refractivity contribution < 1.29 is 14.4 Å². The third-order valence-electron chi connectivity index (χ3n) is 4.77. The quantitative estimate of drug-likeness (QED) is 0.914. The molecule has 2 heterocycles. The zero-order chi connectivity index (χ0) is 16.3. The Morgan fingerprint density at radius 3 is 2.78 bits per heavy atom. The molecule has 1 aliphatic carbocycles. The molecule has 0 amide bonds. The largest absolute Gasteiger partial charge is 0.370 e. The topological polar surface area (TPSA) is 43.1 Å². The van der Waals surface area contributed by atoms with E-state index in [1.807, 2.05) is 11.3 Å². The molecule has 1 saturated heterocycles. The van der Waals surface area contributed by atoms with Crippen LogP contribution in [-0.2, 0) is 9.53 Å². The number of rotatable bonds is 4. The van der Waals surface area contributed by atoms with Crippen molar-refractivity contribution in [3.63, 3.8) is 0 Å². The van der Waals surface area contributed by atoms with Gasteiger partial charge in [0.1, 0.15) is 24.9 Å². The van der Waals surface area contributed by atoms with Crippen LogP contribution in [0.2, 0.25) is 0 Å². The van der Waals surface area contributed by atoms with E-state index in [-0.39, 0.29) is 5.41 Å². The van der Waals surface area contributed by atoms with Crippen LogP contribution in [0.1, 0.15) is 44.0 Å². The number of thiophene rings is 1. The van der Waals surface area contributed by atoms with E-state index in [1.165, 1.54) is 4.88 Å². The van der Waals surface area contributed by atoms with Crippen molar-refractivity contribution >= 4 is 22.8 Å². The second kappa shape index (κ2) is 7.24. The van der Waals surface area contributed by atoms with Crippen molar-refractivity contribution in [3.8, 4) is 0 Å². The summed E-state index contributed by atoms with van der Waals surface area (Å²) in [7, 11) is 0. The van der Waals surface area contributed by atoms with E-state index in [4.69, 9.17) is 9.73 Å². The first-order valence-corrected chi connectivity index (χ1v) is 9.41. The summed E-state index contributed by atoms with van der Waals surface area (Å²) in [5.74, 6) is 0.339. The molecule has 0 radical (unpaired) electrons. The predicted octanol–water partition coefficient (Wildman–Crippen LogP) is 1.92. The molecule has 1 atom stereocenters. The van der Waals surface area contributed by atoms with Gasteiger partial charge >= 0.3 is 0 Å². The maximum atomic E-state index is 12.0. The Balaban J connectivity index is 1.73. The fraction of sp³-hybridized carbons (Fsp3) is 0.667. The first-order chi connectivity index (χ1) is 11.0. The molecule has 5 heteroatoms. The first kappa shape index (κ1) is 16.8. The Hall–Kier alpha value is -1.04. The van der Waals surface area contributed by atoms with Crippen molar-refractivity contribution in [2.45, 2.75) is 39.2 Å². The van der Waals surface area contributed by atoms with Gasteiger partial charge in [0.05, 0.1) is 24.6 Å². The lowest BCUT2D eigenvalue weighted by Crippen LogP contribution is -3.14. The number of hydrogen-bond acceptors (Lipinski definition) is 4. The molecular weight excluding hydrogens is 308 g/mol. The van der Waals surface area contributed by atoms with Crippen LogP contribution < -0.4 is 4.90 Å². The lowest BCUT2D eigenvalue weighted by Gasteiger charge is -2.32. The summed E-state index contributed by atoms with van der Waals surface area (Å²) in [6.45, 7) is 8.87. The highest BCUT2D eigenvalue weighted by Crippen LogP contribution is 2.32. The van der Waals surface area contributed by atoms with E-state index in [1.54, 1.807) is 4.90 Å². The molecular formula is C18H27N2O2S+. The fourth-order valence-corrected chi connectivity index (χ4v) is 4.60. The molecule has 0 unspecified atom stereocenters. The molecule has 1 aromatic heterocycles. The lowest BCUT2D eigenvalue weighted by atomic mass is 9.76. The first-order valence-electron chi connectivity index (χ1n) is 8.53. The van der Waals surface area contributed by atoms with Crippen LogP contribution in [0.3, 0.4) is 0 Å². The molecule has 0 bridgehead atoms. The van der Waals surface area contributed by atoms with Gasteiger partial charge in [-0.25, -0.2) is 0 Å². The standard InChI is InChI=1S/C18H26N2O2S/c1-18(2)11-14(10-15(21)12-18)19-13-16(17-4-3-9-23-17)20-5-7-22-8-6-20/h3-4,9,16H,5-8,10-13H2,1-2H3/p+1/t16-/m1/s1. The van der Waals surface area contributed by atoms with E-state index in [9.17, 15) is 4.79 Å². The van der Waals surface area contributed by atoms with Gasteiger partial charge in [-0.1, -0.05) is 19.9 Å². The van der Waals surface area contributed by atoms with Crippen LogP contribution >= 0.6 is 11.3 Å². The van der Waals surface area contributed by atoms with Gasteiger partial charge in [0.2, 0.25) is 0 Å². The van der Waals surface area contributed by atoms with Crippen LogP contribution in [0, 0.1) is 5.41 Å². The van der Waals surface area contributed by atoms with Crippen molar-refractivity contribution in [1.82, 2.24) is 0 Å². The fourth-order valence-electron chi connectivity index (χ4n) is 3.73. The summed E-state index contributed by atoms with van der Waals surface area (Å²) < 4.78 is 5.51. The summed E-state index contributed by atoms with van der Waals surface area (Å²) in [5, 5.41) is 2.14. The number of carbonyl (C=O) groups is 1. The molecule has 0 aromatic carbocycles. The predicted molar refractivity (Wildman–Crippen MR) is 93.5 cm³/mol. The molecule has 3 rings (SSSR count). The van der Waals surface area contributed by atoms with Crippen molar-refractivity contribution in [2.24, 2.45) is 10.4 Å². The summed E-state index contributed by atoms with van der Waals surface area (Å²) in [6.07, 6.45) is 2.20. The number of nitrogens with one attached hydrogen (secondary N) is 1. The molecule has 1 saturated carbocycles. The van der Waals surface area contributed by atoms with Gasteiger partial charge in [0.25, 0.3) is 0 Å². The van der Waals surface area contributed by atoms with Crippen molar-refractivity contribution in [1.29, 1.82) is 0 Å². The number of nitrogens with zero attached hydrogens (tertiary/aromatic N) is 1. The van der Waals surface area contributed by atoms with Gasteiger partial charge in [-0.05, 0) is 23.3 Å². The molecule has 23 heavy (non-hydrogen) atoms. The lowest BCUT2D eigenvalue weighted by molar-refractivity contribution is -0.937. The maximum Gasteiger partial charge on any atom is 0.142 e. The van der Waals surface area contributed by atoms with Gasteiger partial charge in [0, 0.05) is 18.6 Å². The molecule has 1 aromatic rings. The van der Waals surface area contributed by atoms with E-state index < -0.39 is 0 Å². The number of aliphatic imine (C=N–C) groups is 1. The van der Waals surface area contributed by atoms with Crippen LogP contribution in [0.25, 0.3) is 0 Å². The minimum atomic E-state index is 0.0679. The number of Topliss-reactive ketones (excluding diaryl/α,β-unsaturated/α-hetero) is 1. The Morgan fingerprint density at radius 1 is 1.35 bits per heavy atom. The van der Waals surface area contributed by atoms with Gasteiger partial charge in [-0.15, -0.1) is 11.3 Å². The summed E-state index contributed by atoms with van der Waals surface area (Å²) >= 11 is 1.81. The highest BCUT2D eigenvalue weighted by molar-refractivity contribution is 7.10. The van der Waals surface area contributed by atoms with E-state index in [0.717, 1.165) is 45.0 Å². The zero-order valence-corrected chi connectivity index (χ0v) is 15.0. The van der Waals surface area contributed by atoms with E-state index >= 15 is 0 Å². The second-order valence-electron chi connectivity index (χ2n) is 7.48. The number of carbonyl (C=O) groups excluding carboxylic acids is 1. The highest BCUT2D eigenvalue weighted by atomic mass is 32.1. The van der Waals surface area contributed by atoms with E-state index in [2.05, 4.69) is 31.4 Å². The molecule has 1 aliphatic heterocycles. The number of hydrogen-bond donors (Lipinski definition) is 1. The van der Waals surface area contributed by atoms with Crippen molar-refractivity contribution in [2.75, 3.05) is 32.8 Å². The average Bonchev–Trinajstić information content (AvgIpc) is 3.00. The van der Waals surface area contributed by atoms with Gasteiger partial charge < -0.3 is 9.64 Å². The molecule has 126 valence electrons. The Labute approximate surface area is 142 Å². The SMILES string of the molecule is CC1(C)CC(=O)CC(=NC[C@H](c2cccs2)[NH+]2CCOCC2)C1. The van der Waals surface area contributed by atoms with Gasteiger partial charge in [-0.2, -0.15) is 0 Å². The minimum Gasteiger partial charge on any atom is -0.370 e. The van der Waals surface area contributed by atoms with E-state index in [0.29, 0.717) is 24.7 Å². The second-order valence-corrected chi connectivity index (χ2v) is 8.46. The van der Waals surface area contributed by atoms with Crippen molar-refractivity contribution in [3.05, 3.63) is 22.4 Å². The monoisotopic (exact) mass is 335 g/mol. The number of morpholine rings is 1. The molecule has 2 aliphatic rings. The van der Waals surface area contributed by atoms with Gasteiger partial charge in [-0.3, -0.25) is 9.79 Å². The van der Waals surface area contributed by atoms with Crippen LogP contribution in [-0.4, -0.2) is 44.3 Å². The third kappa shape index (κ3) is 4.49. The number of ketones is 1. The molecule has 0 spiro atoms. The van der Waals surface area contributed by atoms with Crippen LogP contribution in [0.4, 0.5) is 0 Å². The number of ether oxygens (including phenoxy) is 1. The minimum absolute atomic E-state index is 0.0679. The Bertz CT molecular complexity index is 560. The Morgan fingerprint density at radius 2 is 2.13 bits per heavy atom.